The third-order valence-corrected chi connectivity index (χ3v) is 7.82. The molecule has 0 bridgehead atoms. The second-order valence-corrected chi connectivity index (χ2v) is 9.70. The van der Waals surface area contributed by atoms with E-state index < -0.39 is 0 Å². The second kappa shape index (κ2) is 7.59. The molecular formula is C30H19BNOS. The van der Waals surface area contributed by atoms with Crippen molar-refractivity contribution in [3.63, 3.8) is 0 Å². The molecule has 0 aliphatic rings. The molecule has 0 spiro atoms. The quantitative estimate of drug-likeness (QED) is 0.286. The molecule has 4 heteroatoms. The van der Waals surface area contributed by atoms with E-state index in [-0.39, 0.29) is 0 Å². The molecule has 34 heavy (non-hydrogen) atoms. The molecule has 0 atom stereocenters. The van der Waals surface area contributed by atoms with Crippen LogP contribution in [0.2, 0.25) is 0 Å². The van der Waals surface area contributed by atoms with Crippen LogP contribution in [0.5, 0.6) is 0 Å². The molecule has 0 aliphatic heterocycles. The summed E-state index contributed by atoms with van der Waals surface area (Å²) in [5.74, 6) is 0. The van der Waals surface area contributed by atoms with Crippen LogP contribution in [-0.2, 0) is 0 Å². The standard InChI is InChI=1S/C30H19BNOS/c33-31-21-12-15-30-26(18-21)25-16-19(11-14-29(25)34-30)20-10-13-24-23-8-4-5-9-27(23)32(28(24)17-20)22-6-2-1-3-7-22/h1-18,33H. The molecule has 159 valence electrons. The molecule has 2 nitrogen and oxygen atoms in total. The van der Waals surface area contributed by atoms with Gasteiger partial charge in [-0.15, -0.1) is 11.3 Å². The van der Waals surface area contributed by atoms with Crippen molar-refractivity contribution in [2.75, 3.05) is 0 Å². The smallest absolute Gasteiger partial charge is 0.326 e. The van der Waals surface area contributed by atoms with Crippen LogP contribution in [0.4, 0.5) is 0 Å². The zero-order chi connectivity index (χ0) is 22.6. The molecule has 0 saturated heterocycles. The van der Waals surface area contributed by atoms with E-state index in [4.69, 9.17) is 0 Å². The molecule has 0 amide bonds. The Balaban J connectivity index is 1.48. The monoisotopic (exact) mass is 452 g/mol. The minimum Gasteiger partial charge on any atom is -0.450 e. The Morgan fingerprint density at radius 1 is 0.559 bits per heavy atom. The number of para-hydroxylation sites is 2. The summed E-state index contributed by atoms with van der Waals surface area (Å²) in [6.07, 6.45) is 0. The number of thiophene rings is 1. The third kappa shape index (κ3) is 2.93. The molecule has 0 aliphatic carbocycles. The Bertz CT molecular complexity index is 1850. The molecule has 5 aromatic carbocycles. The van der Waals surface area contributed by atoms with Crippen LogP contribution in [0.25, 0.3) is 58.8 Å². The number of hydrogen-bond acceptors (Lipinski definition) is 2. The van der Waals surface area contributed by atoms with Gasteiger partial charge in [-0.05, 0) is 59.0 Å². The Hall–Kier alpha value is -3.86. The van der Waals surface area contributed by atoms with Gasteiger partial charge in [0.15, 0.2) is 0 Å². The molecule has 0 fully saturated rings. The number of hydrogen-bond donors (Lipinski definition) is 1. The number of aromatic nitrogens is 1. The summed E-state index contributed by atoms with van der Waals surface area (Å²) in [7, 11) is 1.17. The Morgan fingerprint density at radius 3 is 2.09 bits per heavy atom. The van der Waals surface area contributed by atoms with Crippen LogP contribution in [0.1, 0.15) is 0 Å². The first kappa shape index (κ1) is 19.6. The van der Waals surface area contributed by atoms with E-state index in [9.17, 15) is 5.02 Å². The number of fused-ring (bicyclic) bond motifs is 6. The van der Waals surface area contributed by atoms with Crippen LogP contribution in [0, 0.1) is 0 Å². The molecule has 7 aromatic rings. The van der Waals surface area contributed by atoms with Crippen LogP contribution >= 0.6 is 11.3 Å². The predicted molar refractivity (Wildman–Crippen MR) is 147 cm³/mol. The molecular weight excluding hydrogens is 433 g/mol. The fraction of sp³-hybridized carbons (Fsp3) is 0. The molecule has 2 aromatic heterocycles. The molecule has 1 N–H and O–H groups in total. The van der Waals surface area contributed by atoms with E-state index in [1.54, 1.807) is 11.3 Å². The number of rotatable bonds is 3. The van der Waals surface area contributed by atoms with Crippen molar-refractivity contribution in [3.8, 4) is 16.8 Å². The maximum atomic E-state index is 9.50. The molecule has 2 heterocycles. The van der Waals surface area contributed by atoms with Gasteiger partial charge in [-0.25, -0.2) is 0 Å². The van der Waals surface area contributed by atoms with Crippen LogP contribution in [0.15, 0.2) is 109 Å². The van der Waals surface area contributed by atoms with Crippen molar-refractivity contribution in [2.45, 2.75) is 0 Å². The summed E-state index contributed by atoms with van der Waals surface area (Å²) in [6, 6.07) is 38.8. The summed E-state index contributed by atoms with van der Waals surface area (Å²) in [5, 5.41) is 14.4. The lowest BCUT2D eigenvalue weighted by atomic mass is 9.88. The average Bonchev–Trinajstić information content (AvgIpc) is 3.43. The van der Waals surface area contributed by atoms with Crippen molar-refractivity contribution in [1.82, 2.24) is 4.57 Å². The fourth-order valence-electron chi connectivity index (χ4n) is 5.06. The van der Waals surface area contributed by atoms with E-state index in [1.165, 1.54) is 60.6 Å². The summed E-state index contributed by atoms with van der Waals surface area (Å²) in [6.45, 7) is 0. The van der Waals surface area contributed by atoms with Crippen molar-refractivity contribution in [2.24, 2.45) is 0 Å². The molecule has 0 saturated carbocycles. The predicted octanol–water partition coefficient (Wildman–Crippen LogP) is 7.06. The maximum Gasteiger partial charge on any atom is 0.326 e. The summed E-state index contributed by atoms with van der Waals surface area (Å²) >= 11 is 1.79. The van der Waals surface area contributed by atoms with Gasteiger partial charge < -0.3 is 9.59 Å². The first-order valence-electron chi connectivity index (χ1n) is 11.3. The number of benzene rings is 5. The highest BCUT2D eigenvalue weighted by Gasteiger charge is 2.14. The van der Waals surface area contributed by atoms with Crippen LogP contribution in [-0.4, -0.2) is 17.1 Å². The first-order valence-corrected chi connectivity index (χ1v) is 12.1. The lowest BCUT2D eigenvalue weighted by molar-refractivity contribution is 0.615. The fourth-order valence-corrected chi connectivity index (χ4v) is 6.13. The van der Waals surface area contributed by atoms with Gasteiger partial charge in [0.2, 0.25) is 0 Å². The highest BCUT2D eigenvalue weighted by Crippen LogP contribution is 2.38. The van der Waals surface area contributed by atoms with Crippen molar-refractivity contribution in [1.29, 1.82) is 0 Å². The van der Waals surface area contributed by atoms with Gasteiger partial charge in [0.25, 0.3) is 0 Å². The van der Waals surface area contributed by atoms with E-state index in [0.29, 0.717) is 0 Å². The normalized spacial score (nSPS) is 11.7. The molecule has 0 unspecified atom stereocenters. The zero-order valence-corrected chi connectivity index (χ0v) is 19.1. The largest absolute Gasteiger partial charge is 0.450 e. The van der Waals surface area contributed by atoms with Gasteiger partial charge in [0.1, 0.15) is 0 Å². The Morgan fingerprint density at radius 2 is 1.24 bits per heavy atom. The van der Waals surface area contributed by atoms with Crippen LogP contribution < -0.4 is 5.46 Å². The van der Waals surface area contributed by atoms with Gasteiger partial charge in [-0.2, -0.15) is 0 Å². The Labute approximate surface area is 201 Å². The Kier molecular flexibility index (Phi) is 4.38. The van der Waals surface area contributed by atoms with Gasteiger partial charge in [-0.3, -0.25) is 0 Å². The molecule has 7 rings (SSSR count). The number of nitrogens with zero attached hydrogens (tertiary/aromatic N) is 1. The summed E-state index contributed by atoms with van der Waals surface area (Å²) in [4.78, 5) is 0. The SMILES string of the molecule is O[B]c1ccc2sc3ccc(-c4ccc5c6ccccc6n(-c6ccccc6)c5c4)cc3c2c1. The third-order valence-electron chi connectivity index (χ3n) is 6.66. The zero-order valence-electron chi connectivity index (χ0n) is 18.3. The maximum absolute atomic E-state index is 9.50. The second-order valence-electron chi connectivity index (χ2n) is 8.62. The van der Waals surface area contributed by atoms with Gasteiger partial charge >= 0.3 is 7.48 Å². The van der Waals surface area contributed by atoms with Crippen molar-refractivity contribution >= 4 is 66.3 Å². The minimum atomic E-state index is 0.825. The minimum absolute atomic E-state index is 0.825. The topological polar surface area (TPSA) is 25.2 Å². The van der Waals surface area contributed by atoms with E-state index in [0.717, 1.165) is 11.2 Å². The van der Waals surface area contributed by atoms with Crippen molar-refractivity contribution < 1.29 is 5.02 Å². The molecule has 1 radical (unpaired) electrons. The van der Waals surface area contributed by atoms with Crippen LogP contribution in [0.3, 0.4) is 0 Å². The highest BCUT2D eigenvalue weighted by molar-refractivity contribution is 7.25. The average molecular weight is 452 g/mol. The summed E-state index contributed by atoms with van der Waals surface area (Å²) < 4.78 is 4.85. The van der Waals surface area contributed by atoms with Crippen molar-refractivity contribution in [3.05, 3.63) is 109 Å². The van der Waals surface area contributed by atoms with Gasteiger partial charge in [0, 0.05) is 31.2 Å². The van der Waals surface area contributed by atoms with E-state index >= 15 is 0 Å². The van der Waals surface area contributed by atoms with E-state index in [2.05, 4.69) is 108 Å². The highest BCUT2D eigenvalue weighted by atomic mass is 32.1. The van der Waals surface area contributed by atoms with Gasteiger partial charge in [-0.1, -0.05) is 72.2 Å². The summed E-state index contributed by atoms with van der Waals surface area (Å²) in [5.41, 5.74) is 6.80. The van der Waals surface area contributed by atoms with E-state index in [1.807, 2.05) is 6.07 Å². The lowest BCUT2D eigenvalue weighted by Gasteiger charge is -2.09. The first-order chi connectivity index (χ1) is 16.8. The van der Waals surface area contributed by atoms with Gasteiger partial charge in [0.05, 0.1) is 11.0 Å². The lowest BCUT2D eigenvalue weighted by Crippen LogP contribution is -2.11.